The molecule has 2 heterocycles. The molecule has 9 heteroatoms. The molecule has 156 valence electrons. The monoisotopic (exact) mass is 419 g/mol. The average Bonchev–Trinajstić information content (AvgIpc) is 2.77. The predicted molar refractivity (Wildman–Crippen MR) is 113 cm³/mol. The number of nitrogens with one attached hydrogen (secondary N) is 1. The van der Waals surface area contributed by atoms with Crippen LogP contribution in [0.1, 0.15) is 0 Å². The SMILES string of the molecule is O=C(Cn1cnc2ccccc2c1=O)NCCn1cnc(-c2ccc(F)cc2)cc1=O. The Labute approximate surface area is 175 Å². The number of hydrogen-bond donors (Lipinski definition) is 1. The molecule has 1 amide bonds. The van der Waals surface area contributed by atoms with Crippen molar-refractivity contribution in [3.8, 4) is 11.3 Å². The summed E-state index contributed by atoms with van der Waals surface area (Å²) in [6.07, 6.45) is 2.72. The highest BCUT2D eigenvalue weighted by Crippen LogP contribution is 2.14. The number of halogens is 1. The third-order valence-corrected chi connectivity index (χ3v) is 4.74. The van der Waals surface area contributed by atoms with Crippen molar-refractivity contribution in [1.82, 2.24) is 24.4 Å². The van der Waals surface area contributed by atoms with Crippen molar-refractivity contribution in [2.45, 2.75) is 13.1 Å². The topological polar surface area (TPSA) is 98.9 Å². The Balaban J connectivity index is 1.36. The van der Waals surface area contributed by atoms with Crippen LogP contribution in [0.3, 0.4) is 0 Å². The summed E-state index contributed by atoms with van der Waals surface area (Å²) in [5, 5.41) is 3.12. The van der Waals surface area contributed by atoms with Gasteiger partial charge in [0.2, 0.25) is 5.91 Å². The third-order valence-electron chi connectivity index (χ3n) is 4.74. The van der Waals surface area contributed by atoms with Gasteiger partial charge in [0, 0.05) is 24.7 Å². The Morgan fingerprint density at radius 3 is 2.48 bits per heavy atom. The summed E-state index contributed by atoms with van der Waals surface area (Å²) in [5.74, 6) is -0.738. The van der Waals surface area contributed by atoms with E-state index in [0.717, 1.165) is 0 Å². The predicted octanol–water partition coefficient (Wildman–Crippen LogP) is 1.58. The quantitative estimate of drug-likeness (QED) is 0.512. The molecule has 0 aliphatic heterocycles. The molecule has 0 radical (unpaired) electrons. The molecule has 4 aromatic rings. The first-order valence-corrected chi connectivity index (χ1v) is 9.54. The Morgan fingerprint density at radius 1 is 0.968 bits per heavy atom. The van der Waals surface area contributed by atoms with Crippen molar-refractivity contribution in [2.24, 2.45) is 0 Å². The zero-order valence-electron chi connectivity index (χ0n) is 16.4. The molecule has 4 rings (SSSR count). The van der Waals surface area contributed by atoms with E-state index in [9.17, 15) is 18.8 Å². The number of aromatic nitrogens is 4. The van der Waals surface area contributed by atoms with Gasteiger partial charge >= 0.3 is 0 Å². The summed E-state index contributed by atoms with van der Waals surface area (Å²) in [7, 11) is 0. The van der Waals surface area contributed by atoms with Crippen LogP contribution in [0.15, 0.2) is 76.8 Å². The zero-order chi connectivity index (χ0) is 21.8. The van der Waals surface area contributed by atoms with Gasteiger partial charge in [-0.15, -0.1) is 0 Å². The van der Waals surface area contributed by atoms with Gasteiger partial charge in [-0.2, -0.15) is 0 Å². The first kappa shape index (κ1) is 20.1. The number of fused-ring (bicyclic) bond motifs is 1. The molecule has 0 saturated carbocycles. The fourth-order valence-corrected chi connectivity index (χ4v) is 3.12. The van der Waals surface area contributed by atoms with Crippen LogP contribution in [0.5, 0.6) is 0 Å². The highest BCUT2D eigenvalue weighted by Gasteiger charge is 2.08. The molecule has 8 nitrogen and oxygen atoms in total. The molecule has 0 spiro atoms. The normalized spacial score (nSPS) is 10.9. The van der Waals surface area contributed by atoms with Crippen LogP contribution in [0.4, 0.5) is 4.39 Å². The lowest BCUT2D eigenvalue weighted by molar-refractivity contribution is -0.121. The molecule has 0 saturated heterocycles. The maximum Gasteiger partial charge on any atom is 0.261 e. The highest BCUT2D eigenvalue weighted by atomic mass is 19.1. The van der Waals surface area contributed by atoms with Crippen LogP contribution in [-0.4, -0.2) is 31.6 Å². The maximum atomic E-state index is 13.0. The van der Waals surface area contributed by atoms with Gasteiger partial charge in [-0.05, 0) is 36.4 Å². The van der Waals surface area contributed by atoms with Gasteiger partial charge in [0.15, 0.2) is 0 Å². The average molecular weight is 419 g/mol. The fraction of sp³-hybridized carbons (Fsp3) is 0.136. The highest BCUT2D eigenvalue weighted by molar-refractivity contribution is 5.78. The zero-order valence-corrected chi connectivity index (χ0v) is 16.4. The van der Waals surface area contributed by atoms with Gasteiger partial charge in [0.1, 0.15) is 12.4 Å². The second-order valence-corrected chi connectivity index (χ2v) is 6.86. The van der Waals surface area contributed by atoms with E-state index in [2.05, 4.69) is 15.3 Å². The number of nitrogens with zero attached hydrogens (tertiary/aromatic N) is 4. The van der Waals surface area contributed by atoms with E-state index in [4.69, 9.17) is 0 Å². The molecule has 0 bridgehead atoms. The van der Waals surface area contributed by atoms with Crippen LogP contribution >= 0.6 is 0 Å². The van der Waals surface area contributed by atoms with Crippen LogP contribution in [-0.2, 0) is 17.9 Å². The van der Waals surface area contributed by atoms with Crippen molar-refractivity contribution < 1.29 is 9.18 Å². The van der Waals surface area contributed by atoms with E-state index in [1.807, 2.05) is 0 Å². The lowest BCUT2D eigenvalue weighted by Gasteiger charge is -2.09. The van der Waals surface area contributed by atoms with Crippen LogP contribution in [0.2, 0.25) is 0 Å². The molecule has 0 aliphatic rings. The van der Waals surface area contributed by atoms with E-state index in [1.54, 1.807) is 36.4 Å². The molecule has 2 aromatic carbocycles. The van der Waals surface area contributed by atoms with Crippen LogP contribution < -0.4 is 16.4 Å². The molecule has 31 heavy (non-hydrogen) atoms. The molecule has 0 fully saturated rings. The molecule has 0 aliphatic carbocycles. The third kappa shape index (κ3) is 4.55. The first-order chi connectivity index (χ1) is 15.0. The molecule has 0 unspecified atom stereocenters. The molecule has 1 N–H and O–H groups in total. The van der Waals surface area contributed by atoms with E-state index in [1.165, 1.54) is 40.0 Å². The number of carbonyl (C=O) groups excluding carboxylic acids is 1. The molecular formula is C22H18FN5O3. The number of carbonyl (C=O) groups is 1. The summed E-state index contributed by atoms with van der Waals surface area (Å²) >= 11 is 0. The van der Waals surface area contributed by atoms with E-state index >= 15 is 0 Å². The first-order valence-electron chi connectivity index (χ1n) is 9.54. The van der Waals surface area contributed by atoms with Crippen molar-refractivity contribution >= 4 is 16.8 Å². The van der Waals surface area contributed by atoms with E-state index in [-0.39, 0.29) is 42.5 Å². The molecular weight excluding hydrogens is 401 g/mol. The summed E-state index contributed by atoms with van der Waals surface area (Å²) in [5.41, 5.74) is 1.05. The number of rotatable bonds is 6. The van der Waals surface area contributed by atoms with Gasteiger partial charge in [0.25, 0.3) is 11.1 Å². The molecule has 2 aromatic heterocycles. The minimum Gasteiger partial charge on any atom is -0.353 e. The number of hydrogen-bond acceptors (Lipinski definition) is 5. The van der Waals surface area contributed by atoms with Gasteiger partial charge in [0.05, 0.1) is 29.3 Å². The fourth-order valence-electron chi connectivity index (χ4n) is 3.12. The summed E-state index contributed by atoms with van der Waals surface area (Å²) in [6, 6.07) is 14.0. The van der Waals surface area contributed by atoms with Crippen LogP contribution in [0.25, 0.3) is 22.2 Å². The minimum absolute atomic E-state index is 0.173. The second kappa shape index (κ2) is 8.70. The summed E-state index contributed by atoms with van der Waals surface area (Å²) < 4.78 is 15.6. The van der Waals surface area contributed by atoms with E-state index < -0.39 is 0 Å². The summed E-state index contributed by atoms with van der Waals surface area (Å²) in [4.78, 5) is 45.3. The molecule has 0 atom stereocenters. The second-order valence-electron chi connectivity index (χ2n) is 6.86. The van der Waals surface area contributed by atoms with E-state index in [0.29, 0.717) is 22.2 Å². The Bertz CT molecular complexity index is 1360. The Kier molecular flexibility index (Phi) is 5.65. The lowest BCUT2D eigenvalue weighted by Crippen LogP contribution is -2.35. The van der Waals surface area contributed by atoms with Crippen molar-refractivity contribution in [3.63, 3.8) is 0 Å². The minimum atomic E-state index is -0.372. The Hall–Kier alpha value is -4.14. The maximum absolute atomic E-state index is 13.0. The van der Waals surface area contributed by atoms with Crippen molar-refractivity contribution in [3.05, 3.63) is 93.8 Å². The number of benzene rings is 2. The lowest BCUT2D eigenvalue weighted by atomic mass is 10.1. The smallest absolute Gasteiger partial charge is 0.261 e. The van der Waals surface area contributed by atoms with Crippen molar-refractivity contribution in [2.75, 3.05) is 6.54 Å². The number of amides is 1. The van der Waals surface area contributed by atoms with Gasteiger partial charge in [-0.1, -0.05) is 12.1 Å². The standard InChI is InChI=1S/C22H18FN5O3/c23-16-7-5-15(6-8-16)19-11-21(30)27(13-26-19)10-9-24-20(29)12-28-14-25-18-4-2-1-3-17(18)22(28)31/h1-8,11,13-14H,9-10,12H2,(H,24,29). The van der Waals surface area contributed by atoms with Crippen molar-refractivity contribution in [1.29, 1.82) is 0 Å². The van der Waals surface area contributed by atoms with Crippen LogP contribution in [0, 0.1) is 5.82 Å². The van der Waals surface area contributed by atoms with Gasteiger partial charge in [-0.25, -0.2) is 14.4 Å². The Morgan fingerprint density at radius 2 is 1.71 bits per heavy atom. The number of para-hydroxylation sites is 1. The van der Waals surface area contributed by atoms with Gasteiger partial charge in [-0.3, -0.25) is 23.5 Å². The van der Waals surface area contributed by atoms with Gasteiger partial charge < -0.3 is 5.32 Å². The summed E-state index contributed by atoms with van der Waals surface area (Å²) in [6.45, 7) is 0.228. The largest absolute Gasteiger partial charge is 0.353 e.